The number of hydrogen-bond donors (Lipinski definition) is 2. The molecule has 0 saturated carbocycles. The topological polar surface area (TPSA) is 70.7 Å². The number of ether oxygens (including phenoxy) is 1. The van der Waals surface area contributed by atoms with Gasteiger partial charge in [0.25, 0.3) is 0 Å². The van der Waals surface area contributed by atoms with E-state index < -0.39 is 11.8 Å². The zero-order valence-corrected chi connectivity index (χ0v) is 17.1. The van der Waals surface area contributed by atoms with Gasteiger partial charge < -0.3 is 15.4 Å². The zero-order chi connectivity index (χ0) is 19.9. The normalized spacial score (nSPS) is 16.0. The van der Waals surface area contributed by atoms with E-state index in [2.05, 4.69) is 40.8 Å². The summed E-state index contributed by atoms with van der Waals surface area (Å²) in [5.41, 5.74) is 2.95. The van der Waals surface area contributed by atoms with E-state index >= 15 is 0 Å². The molecule has 0 unspecified atom stereocenters. The van der Waals surface area contributed by atoms with Crippen LogP contribution in [0.15, 0.2) is 41.1 Å². The van der Waals surface area contributed by atoms with E-state index in [0.29, 0.717) is 31.4 Å². The first-order valence-corrected chi connectivity index (χ1v) is 10.5. The highest BCUT2D eigenvalue weighted by Gasteiger charge is 2.24. The Morgan fingerprint density at radius 1 is 1.07 bits per heavy atom. The number of benzene rings is 1. The maximum absolute atomic E-state index is 12.3. The number of morpholine rings is 1. The van der Waals surface area contributed by atoms with E-state index in [9.17, 15) is 9.59 Å². The van der Waals surface area contributed by atoms with E-state index in [1.165, 1.54) is 5.56 Å². The van der Waals surface area contributed by atoms with Crippen LogP contribution in [0.1, 0.15) is 36.9 Å². The first-order chi connectivity index (χ1) is 13.5. The zero-order valence-electron chi connectivity index (χ0n) is 16.3. The Morgan fingerprint density at radius 3 is 2.39 bits per heavy atom. The summed E-state index contributed by atoms with van der Waals surface area (Å²) in [6, 6.07) is 9.67. The van der Waals surface area contributed by atoms with Crippen molar-refractivity contribution in [3.63, 3.8) is 0 Å². The van der Waals surface area contributed by atoms with E-state index in [1.54, 1.807) is 11.3 Å². The summed E-state index contributed by atoms with van der Waals surface area (Å²) in [5.74, 6) is -0.855. The van der Waals surface area contributed by atoms with Crippen molar-refractivity contribution >= 4 is 28.8 Å². The molecule has 3 rings (SSSR count). The average molecular weight is 402 g/mol. The van der Waals surface area contributed by atoms with Gasteiger partial charge in [0.15, 0.2) is 0 Å². The Morgan fingerprint density at radius 2 is 1.79 bits per heavy atom. The van der Waals surface area contributed by atoms with Crippen LogP contribution in [-0.4, -0.2) is 49.6 Å². The van der Waals surface area contributed by atoms with E-state index in [4.69, 9.17) is 4.74 Å². The molecular weight excluding hydrogens is 374 g/mol. The number of hydrogen-bond acceptors (Lipinski definition) is 5. The van der Waals surface area contributed by atoms with Gasteiger partial charge in [-0.2, -0.15) is 11.3 Å². The van der Waals surface area contributed by atoms with Crippen LogP contribution in [0.4, 0.5) is 5.69 Å². The van der Waals surface area contributed by atoms with Crippen molar-refractivity contribution in [1.82, 2.24) is 10.2 Å². The molecule has 2 heterocycles. The summed E-state index contributed by atoms with van der Waals surface area (Å²) >= 11 is 1.63. The number of thiophene rings is 1. The van der Waals surface area contributed by atoms with Crippen molar-refractivity contribution in [2.75, 3.05) is 38.2 Å². The van der Waals surface area contributed by atoms with Crippen molar-refractivity contribution < 1.29 is 14.3 Å². The van der Waals surface area contributed by atoms with Crippen LogP contribution >= 0.6 is 11.3 Å². The lowest BCUT2D eigenvalue weighted by Crippen LogP contribution is -2.45. The summed E-state index contributed by atoms with van der Waals surface area (Å²) in [5, 5.41) is 9.56. The molecule has 0 aliphatic carbocycles. The SMILES string of the molecule is CC(C)c1ccc(NC(=O)C(=O)NC[C@H](c2ccsc2)N2CCOCC2)cc1. The Bertz CT molecular complexity index is 769. The molecule has 2 N–H and O–H groups in total. The molecular formula is C21H27N3O3S. The summed E-state index contributed by atoms with van der Waals surface area (Å²) in [6.07, 6.45) is 0. The van der Waals surface area contributed by atoms with E-state index in [-0.39, 0.29) is 6.04 Å². The summed E-state index contributed by atoms with van der Waals surface area (Å²) in [6.45, 7) is 7.59. The monoisotopic (exact) mass is 401 g/mol. The second-order valence-electron chi connectivity index (χ2n) is 7.16. The number of nitrogens with one attached hydrogen (secondary N) is 2. The van der Waals surface area contributed by atoms with E-state index in [1.807, 2.05) is 29.6 Å². The molecule has 7 heteroatoms. The largest absolute Gasteiger partial charge is 0.379 e. The second kappa shape index (κ2) is 9.82. The predicted molar refractivity (Wildman–Crippen MR) is 112 cm³/mol. The lowest BCUT2D eigenvalue weighted by Gasteiger charge is -2.34. The molecule has 1 saturated heterocycles. The van der Waals surface area contributed by atoms with Gasteiger partial charge in [-0.15, -0.1) is 0 Å². The summed E-state index contributed by atoms with van der Waals surface area (Å²) < 4.78 is 5.43. The lowest BCUT2D eigenvalue weighted by molar-refractivity contribution is -0.136. The first kappa shape index (κ1) is 20.5. The number of amides is 2. The number of nitrogens with zero attached hydrogens (tertiary/aromatic N) is 1. The lowest BCUT2D eigenvalue weighted by atomic mass is 10.0. The third-order valence-electron chi connectivity index (χ3n) is 4.91. The molecule has 1 aliphatic rings. The fraction of sp³-hybridized carbons (Fsp3) is 0.429. The van der Waals surface area contributed by atoms with Gasteiger partial charge in [0.05, 0.1) is 19.3 Å². The van der Waals surface area contributed by atoms with Gasteiger partial charge in [0.2, 0.25) is 0 Å². The highest BCUT2D eigenvalue weighted by atomic mass is 32.1. The number of anilines is 1. The smallest absolute Gasteiger partial charge is 0.313 e. The molecule has 0 radical (unpaired) electrons. The Hall–Kier alpha value is -2.22. The van der Waals surface area contributed by atoms with Gasteiger partial charge in [-0.25, -0.2) is 0 Å². The fourth-order valence-corrected chi connectivity index (χ4v) is 3.93. The standard InChI is InChI=1S/C21H27N3O3S/c1-15(2)16-3-5-18(6-4-16)23-21(26)20(25)22-13-19(17-7-12-28-14-17)24-8-10-27-11-9-24/h3-7,12,14-15,19H,8-11,13H2,1-2H3,(H,22,25)(H,23,26)/t19-/m1/s1. The van der Waals surface area contributed by atoms with Crippen LogP contribution in [0.5, 0.6) is 0 Å². The van der Waals surface area contributed by atoms with Gasteiger partial charge in [-0.05, 0) is 46.0 Å². The van der Waals surface area contributed by atoms with Crippen LogP contribution in [0.25, 0.3) is 0 Å². The molecule has 6 nitrogen and oxygen atoms in total. The number of rotatable bonds is 6. The van der Waals surface area contributed by atoms with E-state index in [0.717, 1.165) is 18.7 Å². The van der Waals surface area contributed by atoms with Crippen LogP contribution in [0.2, 0.25) is 0 Å². The molecule has 0 spiro atoms. The predicted octanol–water partition coefficient (Wildman–Crippen LogP) is 3.00. The molecule has 1 atom stereocenters. The third kappa shape index (κ3) is 5.41. The molecule has 28 heavy (non-hydrogen) atoms. The van der Waals surface area contributed by atoms with Crippen molar-refractivity contribution in [2.24, 2.45) is 0 Å². The summed E-state index contributed by atoms with van der Waals surface area (Å²) in [4.78, 5) is 26.9. The average Bonchev–Trinajstić information content (AvgIpc) is 3.23. The molecule has 0 bridgehead atoms. The van der Waals surface area contributed by atoms with Gasteiger partial charge >= 0.3 is 11.8 Å². The minimum absolute atomic E-state index is 0.0391. The molecule has 2 aromatic rings. The molecule has 1 aromatic carbocycles. The highest BCUT2D eigenvalue weighted by molar-refractivity contribution is 7.08. The third-order valence-corrected chi connectivity index (χ3v) is 5.61. The first-order valence-electron chi connectivity index (χ1n) is 9.57. The molecule has 1 fully saturated rings. The number of carbonyl (C=O) groups excluding carboxylic acids is 2. The second-order valence-corrected chi connectivity index (χ2v) is 7.94. The van der Waals surface area contributed by atoms with Crippen LogP contribution in [0, 0.1) is 0 Å². The van der Waals surface area contributed by atoms with Crippen LogP contribution in [0.3, 0.4) is 0 Å². The van der Waals surface area contributed by atoms with Crippen molar-refractivity contribution in [3.05, 3.63) is 52.2 Å². The van der Waals surface area contributed by atoms with Gasteiger partial charge in [-0.3, -0.25) is 14.5 Å². The summed E-state index contributed by atoms with van der Waals surface area (Å²) in [7, 11) is 0. The fourth-order valence-electron chi connectivity index (χ4n) is 3.22. The van der Waals surface area contributed by atoms with Crippen molar-refractivity contribution in [2.45, 2.75) is 25.8 Å². The number of carbonyl (C=O) groups is 2. The van der Waals surface area contributed by atoms with Gasteiger partial charge in [0.1, 0.15) is 0 Å². The van der Waals surface area contributed by atoms with Gasteiger partial charge in [-0.1, -0.05) is 26.0 Å². The van der Waals surface area contributed by atoms with Crippen LogP contribution in [-0.2, 0) is 14.3 Å². The Kier molecular flexibility index (Phi) is 7.19. The molecule has 150 valence electrons. The maximum atomic E-state index is 12.3. The highest BCUT2D eigenvalue weighted by Crippen LogP contribution is 2.23. The van der Waals surface area contributed by atoms with Crippen LogP contribution < -0.4 is 10.6 Å². The van der Waals surface area contributed by atoms with Gasteiger partial charge in [0, 0.05) is 25.3 Å². The van der Waals surface area contributed by atoms with Crippen molar-refractivity contribution in [3.8, 4) is 0 Å². The quantitative estimate of drug-likeness (QED) is 0.730. The minimum Gasteiger partial charge on any atom is -0.379 e. The Balaban J connectivity index is 1.56. The Labute approximate surface area is 169 Å². The maximum Gasteiger partial charge on any atom is 0.313 e. The molecule has 1 aromatic heterocycles. The molecule has 2 amide bonds. The molecule has 1 aliphatic heterocycles. The minimum atomic E-state index is -0.650. The van der Waals surface area contributed by atoms with Crippen molar-refractivity contribution in [1.29, 1.82) is 0 Å².